The van der Waals surface area contributed by atoms with Crippen LogP contribution in [-0.2, 0) is 4.31 Å². The number of hydrogen-bond donors (Lipinski definition) is 0. The van der Waals surface area contributed by atoms with Crippen molar-refractivity contribution in [1.82, 2.24) is 0 Å². The summed E-state index contributed by atoms with van der Waals surface area (Å²) in [4.78, 5) is 12.0. The molecule has 2 saturated heterocycles. The zero-order valence-electron chi connectivity index (χ0n) is 8.78. The van der Waals surface area contributed by atoms with Crippen LogP contribution in [0.2, 0.25) is 9.63 Å². The zero-order chi connectivity index (χ0) is 11.7. The number of rotatable bonds is 2. The van der Waals surface area contributed by atoms with E-state index in [2.05, 4.69) is 30.3 Å². The fraction of sp³-hybridized carbons (Fsp3) is 0.333. The molecule has 0 bridgehead atoms. The van der Waals surface area contributed by atoms with Crippen LogP contribution in [0, 0.1) is 10.1 Å². The van der Waals surface area contributed by atoms with Gasteiger partial charge in [-0.2, -0.15) is 0 Å². The van der Waals surface area contributed by atoms with Crippen molar-refractivity contribution < 1.29 is 4.92 Å². The molecule has 2 aliphatic heterocycles. The fourth-order valence-electron chi connectivity index (χ4n) is 2.66. The molecule has 5 heteroatoms. The van der Waals surface area contributed by atoms with Crippen LogP contribution in [0.4, 0.5) is 0 Å². The molecule has 3 nitrogen and oxygen atoms in total. The molecule has 1 aromatic rings. The molecule has 4 atom stereocenters. The summed E-state index contributed by atoms with van der Waals surface area (Å²) in [6, 6.07) is 10.5. The number of allylic oxidation sites excluding steroid dienone is 1. The first-order valence-corrected chi connectivity index (χ1v) is 9.14. The molecule has 1 aromatic carbocycles. The third-order valence-electron chi connectivity index (χ3n) is 3.71. The molecule has 17 heavy (non-hydrogen) atoms. The molecule has 4 unspecified atom stereocenters. The van der Waals surface area contributed by atoms with Gasteiger partial charge in [0.2, 0.25) is 0 Å². The molecule has 0 amide bonds. The molecule has 0 N–H and O–H groups in total. The van der Waals surface area contributed by atoms with Crippen LogP contribution in [0.25, 0.3) is 0 Å². The van der Waals surface area contributed by atoms with Crippen LogP contribution in [0.5, 0.6) is 0 Å². The number of fused-ring (bicyclic) bond motifs is 3. The van der Waals surface area contributed by atoms with Gasteiger partial charge in [-0.25, -0.2) is 0 Å². The second-order valence-corrected chi connectivity index (χ2v) is 10.5. The molecule has 4 rings (SSSR count). The summed E-state index contributed by atoms with van der Waals surface area (Å²) in [6.45, 7) is 0. The molecule has 2 fully saturated rings. The summed E-state index contributed by atoms with van der Waals surface area (Å²) in [5.41, 5.74) is 1.36. The van der Waals surface area contributed by atoms with Crippen LogP contribution in [-0.4, -0.2) is 39.3 Å². The standard InChI is InChI=1S/C12H9NO2Se2/c14-13(15)12-7-6-11(8-4-2-1-3-5-8)9(16-11)10(12)17-12/h1-7,9-10H. The minimum atomic E-state index is -0.617. The first-order chi connectivity index (χ1) is 8.19. The van der Waals surface area contributed by atoms with Gasteiger partial charge < -0.3 is 0 Å². The maximum absolute atomic E-state index is 11.1. The van der Waals surface area contributed by atoms with Gasteiger partial charge in [-0.3, -0.25) is 0 Å². The summed E-state index contributed by atoms with van der Waals surface area (Å²) >= 11 is 0.706. The summed E-state index contributed by atoms with van der Waals surface area (Å²) in [5, 5.41) is 11.1. The quantitative estimate of drug-likeness (QED) is 0.348. The summed E-state index contributed by atoms with van der Waals surface area (Å²) < 4.78 is -0.412. The molecular weight excluding hydrogens is 348 g/mol. The van der Waals surface area contributed by atoms with E-state index < -0.39 is 4.44 Å². The van der Waals surface area contributed by atoms with E-state index in [0.29, 0.717) is 24.6 Å². The zero-order valence-corrected chi connectivity index (χ0v) is 12.2. The van der Waals surface area contributed by atoms with Crippen molar-refractivity contribution in [2.45, 2.75) is 18.4 Å². The third kappa shape index (κ3) is 1.18. The monoisotopic (exact) mass is 359 g/mol. The van der Waals surface area contributed by atoms with Gasteiger partial charge in [-0.05, 0) is 0 Å². The van der Waals surface area contributed by atoms with E-state index in [1.165, 1.54) is 5.56 Å². The topological polar surface area (TPSA) is 43.1 Å². The summed E-state index contributed by atoms with van der Waals surface area (Å²) in [6.07, 6.45) is 4.07. The number of nitrogens with zero attached hydrogens (tertiary/aromatic N) is 1. The van der Waals surface area contributed by atoms with Crippen LogP contribution in [0.3, 0.4) is 0 Å². The molecule has 2 heterocycles. The van der Waals surface area contributed by atoms with Crippen molar-refractivity contribution >= 4 is 29.9 Å². The normalized spacial score (nSPS) is 44.7. The van der Waals surface area contributed by atoms with Gasteiger partial charge in [0.1, 0.15) is 0 Å². The molecule has 3 aliphatic rings. The molecular formula is C12H9NO2Se2. The third-order valence-corrected chi connectivity index (χ3v) is 11.3. The molecule has 0 saturated carbocycles. The van der Waals surface area contributed by atoms with E-state index >= 15 is 0 Å². The second kappa shape index (κ2) is 3.04. The number of benzene rings is 1. The van der Waals surface area contributed by atoms with E-state index in [-0.39, 0.29) is 24.2 Å². The Morgan fingerprint density at radius 1 is 1.12 bits per heavy atom. The van der Waals surface area contributed by atoms with Crippen LogP contribution in [0.15, 0.2) is 42.5 Å². The molecule has 0 aromatic heterocycles. The minimum absolute atomic E-state index is 0.0442. The number of hydrogen-bond acceptors (Lipinski definition) is 2. The van der Waals surface area contributed by atoms with Crippen molar-refractivity contribution in [1.29, 1.82) is 0 Å². The summed E-state index contributed by atoms with van der Waals surface area (Å²) in [5.74, 6) is 0. The Morgan fingerprint density at radius 3 is 2.59 bits per heavy atom. The SMILES string of the molecule is O=[N+]([O-])C12C=CC3(c4ccccc4)[Se]C3C1[Se]2. The Balaban J connectivity index is 1.75. The van der Waals surface area contributed by atoms with Crippen LogP contribution >= 0.6 is 0 Å². The summed E-state index contributed by atoms with van der Waals surface area (Å²) in [7, 11) is 0. The van der Waals surface area contributed by atoms with E-state index in [1.807, 2.05) is 12.1 Å². The van der Waals surface area contributed by atoms with Crippen molar-refractivity contribution in [2.75, 3.05) is 0 Å². The van der Waals surface area contributed by atoms with Crippen molar-refractivity contribution in [3.05, 3.63) is 58.2 Å². The van der Waals surface area contributed by atoms with E-state index in [0.717, 1.165) is 0 Å². The van der Waals surface area contributed by atoms with E-state index in [1.54, 1.807) is 0 Å². The van der Waals surface area contributed by atoms with Crippen LogP contribution in [0.1, 0.15) is 5.56 Å². The molecule has 1 aliphatic carbocycles. The Bertz CT molecular complexity index is 547. The van der Waals surface area contributed by atoms with Crippen molar-refractivity contribution in [2.24, 2.45) is 0 Å². The Morgan fingerprint density at radius 2 is 1.88 bits per heavy atom. The van der Waals surface area contributed by atoms with Gasteiger partial charge in [-0.1, -0.05) is 0 Å². The van der Waals surface area contributed by atoms with Gasteiger partial charge in [0.05, 0.1) is 0 Å². The van der Waals surface area contributed by atoms with Gasteiger partial charge in [0.15, 0.2) is 0 Å². The fourth-order valence-corrected chi connectivity index (χ4v) is 10.3. The predicted octanol–water partition coefficient (Wildman–Crippen LogP) is 1.44. The first-order valence-electron chi connectivity index (χ1n) is 5.45. The van der Waals surface area contributed by atoms with Gasteiger partial charge in [0, 0.05) is 0 Å². The maximum atomic E-state index is 11.1. The van der Waals surface area contributed by atoms with Crippen molar-refractivity contribution in [3.8, 4) is 0 Å². The number of nitro groups is 1. The Hall–Kier alpha value is -0.601. The molecule has 86 valence electrons. The first kappa shape index (κ1) is 10.3. The average Bonchev–Trinajstić information content (AvgIpc) is 3.21. The van der Waals surface area contributed by atoms with Crippen LogP contribution < -0.4 is 0 Å². The van der Waals surface area contributed by atoms with Gasteiger partial charge in [-0.15, -0.1) is 0 Å². The Kier molecular flexibility index (Phi) is 1.85. The van der Waals surface area contributed by atoms with Crippen molar-refractivity contribution in [3.63, 3.8) is 0 Å². The predicted molar refractivity (Wildman–Crippen MR) is 66.0 cm³/mol. The second-order valence-electron chi connectivity index (χ2n) is 4.58. The molecule has 0 radical (unpaired) electrons. The average molecular weight is 357 g/mol. The van der Waals surface area contributed by atoms with Gasteiger partial charge >= 0.3 is 111 Å². The van der Waals surface area contributed by atoms with E-state index in [4.69, 9.17) is 0 Å². The molecule has 0 spiro atoms. The van der Waals surface area contributed by atoms with E-state index in [9.17, 15) is 10.1 Å². The van der Waals surface area contributed by atoms with Gasteiger partial charge in [0.25, 0.3) is 0 Å². The Labute approximate surface area is 111 Å².